The van der Waals surface area contributed by atoms with E-state index >= 15 is 0 Å². The highest BCUT2D eigenvalue weighted by atomic mass is 15.2. The van der Waals surface area contributed by atoms with E-state index in [-0.39, 0.29) is 0 Å². The highest BCUT2D eigenvalue weighted by molar-refractivity contribution is 5.67. The topological polar surface area (TPSA) is 66.3 Å². The van der Waals surface area contributed by atoms with E-state index in [1.165, 1.54) is 5.56 Å². The first-order valence-electron chi connectivity index (χ1n) is 8.62. The summed E-state index contributed by atoms with van der Waals surface area (Å²) in [6.45, 7) is 3.15. The van der Waals surface area contributed by atoms with E-state index < -0.39 is 5.54 Å². The molecule has 1 aliphatic heterocycles. The van der Waals surface area contributed by atoms with E-state index in [1.54, 1.807) is 4.90 Å². The Hall–Kier alpha value is -2.51. The Kier molecular flexibility index (Phi) is 5.02. The van der Waals surface area contributed by atoms with Crippen LogP contribution in [0.25, 0.3) is 0 Å². The van der Waals surface area contributed by atoms with Crippen LogP contribution in [0.5, 0.6) is 0 Å². The van der Waals surface area contributed by atoms with Crippen molar-refractivity contribution < 1.29 is 4.90 Å². The van der Waals surface area contributed by atoms with Crippen LogP contribution in [0.4, 0.5) is 11.4 Å². The van der Waals surface area contributed by atoms with Crippen molar-refractivity contribution in [3.63, 3.8) is 0 Å². The maximum atomic E-state index is 9.73. The maximum Gasteiger partial charge on any atom is 0.136 e. The molecule has 1 fully saturated rings. The SMILES string of the molecule is N#CC1(Nc2ccccc2N)CC[NH+](CCc2ccccc2)CC1. The number of nitrogen functional groups attached to an aromatic ring is 1. The molecule has 2 aromatic rings. The van der Waals surface area contributed by atoms with Gasteiger partial charge < -0.3 is 16.0 Å². The van der Waals surface area contributed by atoms with E-state index in [4.69, 9.17) is 5.73 Å². The number of nitrogens with two attached hydrogens (primary N) is 1. The number of para-hydroxylation sites is 2. The highest BCUT2D eigenvalue weighted by Crippen LogP contribution is 2.26. The maximum absolute atomic E-state index is 9.73. The molecule has 0 saturated carbocycles. The molecule has 0 unspecified atom stereocenters. The molecule has 124 valence electrons. The van der Waals surface area contributed by atoms with Crippen molar-refractivity contribution in [1.29, 1.82) is 5.26 Å². The number of piperidine rings is 1. The third kappa shape index (κ3) is 3.87. The predicted octanol–water partition coefficient (Wildman–Crippen LogP) is 1.86. The van der Waals surface area contributed by atoms with Gasteiger partial charge in [-0.2, -0.15) is 5.26 Å². The van der Waals surface area contributed by atoms with E-state index in [2.05, 4.69) is 41.7 Å². The average molecular weight is 321 g/mol. The molecule has 4 heteroatoms. The summed E-state index contributed by atoms with van der Waals surface area (Å²) in [6, 6.07) is 20.8. The minimum absolute atomic E-state index is 0.494. The summed E-state index contributed by atoms with van der Waals surface area (Å²) in [5.41, 5.74) is 8.47. The molecule has 0 atom stereocenters. The van der Waals surface area contributed by atoms with E-state index in [1.807, 2.05) is 24.3 Å². The Morgan fingerprint density at radius 1 is 1.04 bits per heavy atom. The Balaban J connectivity index is 1.56. The van der Waals surface area contributed by atoms with Crippen LogP contribution in [0.15, 0.2) is 54.6 Å². The molecule has 0 bridgehead atoms. The lowest BCUT2D eigenvalue weighted by molar-refractivity contribution is -0.905. The number of hydrogen-bond acceptors (Lipinski definition) is 3. The van der Waals surface area contributed by atoms with Crippen molar-refractivity contribution in [3.05, 3.63) is 60.2 Å². The van der Waals surface area contributed by atoms with Gasteiger partial charge in [0, 0.05) is 19.3 Å². The second kappa shape index (κ2) is 7.37. The molecule has 4 N–H and O–H groups in total. The van der Waals surface area contributed by atoms with Gasteiger partial charge in [-0.05, 0) is 17.7 Å². The van der Waals surface area contributed by atoms with Crippen molar-refractivity contribution in [2.45, 2.75) is 24.8 Å². The molecule has 0 spiro atoms. The molecular weight excluding hydrogens is 296 g/mol. The van der Waals surface area contributed by atoms with Crippen LogP contribution in [-0.2, 0) is 6.42 Å². The van der Waals surface area contributed by atoms with Crippen LogP contribution >= 0.6 is 0 Å². The smallest absolute Gasteiger partial charge is 0.136 e. The molecule has 0 aliphatic carbocycles. The lowest BCUT2D eigenvalue weighted by atomic mass is 9.88. The van der Waals surface area contributed by atoms with Crippen LogP contribution in [0.3, 0.4) is 0 Å². The van der Waals surface area contributed by atoms with E-state index in [0.29, 0.717) is 5.69 Å². The Bertz CT molecular complexity index is 697. The molecule has 24 heavy (non-hydrogen) atoms. The number of rotatable bonds is 5. The zero-order valence-corrected chi connectivity index (χ0v) is 14.0. The number of nitriles is 1. The van der Waals surface area contributed by atoms with Crippen LogP contribution in [0, 0.1) is 11.3 Å². The van der Waals surface area contributed by atoms with Gasteiger partial charge in [-0.15, -0.1) is 0 Å². The van der Waals surface area contributed by atoms with Gasteiger partial charge in [0.15, 0.2) is 0 Å². The normalized spacial score (nSPS) is 23.4. The molecule has 1 saturated heterocycles. The summed E-state index contributed by atoms with van der Waals surface area (Å²) >= 11 is 0. The van der Waals surface area contributed by atoms with Crippen LogP contribution in [-0.4, -0.2) is 25.2 Å². The summed E-state index contributed by atoms with van der Waals surface area (Å²) in [4.78, 5) is 1.58. The van der Waals surface area contributed by atoms with Gasteiger partial charge in [-0.25, -0.2) is 0 Å². The van der Waals surface area contributed by atoms with Crippen molar-refractivity contribution in [1.82, 2.24) is 0 Å². The number of nitrogens with one attached hydrogen (secondary N) is 2. The van der Waals surface area contributed by atoms with Crippen molar-refractivity contribution >= 4 is 11.4 Å². The largest absolute Gasteiger partial charge is 0.397 e. The fraction of sp³-hybridized carbons (Fsp3) is 0.350. The minimum atomic E-state index is -0.494. The lowest BCUT2D eigenvalue weighted by Gasteiger charge is -2.36. The van der Waals surface area contributed by atoms with Gasteiger partial charge in [0.1, 0.15) is 5.54 Å². The molecule has 4 nitrogen and oxygen atoms in total. The zero-order chi connectivity index (χ0) is 16.8. The molecule has 3 rings (SSSR count). The summed E-state index contributed by atoms with van der Waals surface area (Å²) in [6.07, 6.45) is 2.79. The summed E-state index contributed by atoms with van der Waals surface area (Å²) < 4.78 is 0. The van der Waals surface area contributed by atoms with Gasteiger partial charge in [0.2, 0.25) is 0 Å². The van der Waals surface area contributed by atoms with Crippen LogP contribution in [0.2, 0.25) is 0 Å². The van der Waals surface area contributed by atoms with Gasteiger partial charge in [0.25, 0.3) is 0 Å². The van der Waals surface area contributed by atoms with Gasteiger partial charge in [-0.3, -0.25) is 0 Å². The fourth-order valence-electron chi connectivity index (χ4n) is 3.38. The third-order valence-corrected chi connectivity index (χ3v) is 4.97. The van der Waals surface area contributed by atoms with Gasteiger partial charge in [-0.1, -0.05) is 42.5 Å². The van der Waals surface area contributed by atoms with Crippen LogP contribution in [0.1, 0.15) is 18.4 Å². The Labute approximate surface area is 143 Å². The molecule has 0 radical (unpaired) electrons. The van der Waals surface area contributed by atoms with E-state index in [9.17, 15) is 5.26 Å². The first-order valence-corrected chi connectivity index (χ1v) is 8.62. The quantitative estimate of drug-likeness (QED) is 0.737. The monoisotopic (exact) mass is 321 g/mol. The number of quaternary nitrogens is 1. The number of anilines is 2. The Morgan fingerprint density at radius 3 is 2.38 bits per heavy atom. The second-order valence-corrected chi connectivity index (χ2v) is 6.64. The third-order valence-electron chi connectivity index (χ3n) is 4.97. The van der Waals surface area contributed by atoms with E-state index in [0.717, 1.165) is 44.6 Å². The molecule has 1 aliphatic rings. The van der Waals surface area contributed by atoms with Crippen LogP contribution < -0.4 is 16.0 Å². The standard InChI is InChI=1S/C20H24N4/c21-16-20(23-19-9-5-4-8-18(19)22)11-14-24(15-12-20)13-10-17-6-2-1-3-7-17/h1-9,23H,10-15,22H2/p+1. The van der Waals surface area contributed by atoms with Crippen molar-refractivity contribution in [2.24, 2.45) is 0 Å². The van der Waals surface area contributed by atoms with Gasteiger partial charge >= 0.3 is 0 Å². The summed E-state index contributed by atoms with van der Waals surface area (Å²) in [5, 5.41) is 13.1. The molecule has 0 amide bonds. The average Bonchev–Trinajstić information content (AvgIpc) is 2.64. The van der Waals surface area contributed by atoms with Crippen molar-refractivity contribution in [2.75, 3.05) is 30.7 Å². The molecular formula is C20H25N4+. The number of hydrogen-bond donors (Lipinski definition) is 3. The Morgan fingerprint density at radius 2 is 1.71 bits per heavy atom. The highest BCUT2D eigenvalue weighted by Gasteiger charge is 2.37. The number of likely N-dealkylation sites (tertiary alicyclic amines) is 1. The predicted molar refractivity (Wildman–Crippen MR) is 97.8 cm³/mol. The molecule has 1 heterocycles. The summed E-state index contributed by atoms with van der Waals surface area (Å²) in [7, 11) is 0. The second-order valence-electron chi connectivity index (χ2n) is 6.64. The number of nitrogens with zero attached hydrogens (tertiary/aromatic N) is 1. The minimum Gasteiger partial charge on any atom is -0.397 e. The van der Waals surface area contributed by atoms with Crippen molar-refractivity contribution in [3.8, 4) is 6.07 Å². The first-order chi connectivity index (χ1) is 11.7. The summed E-state index contributed by atoms with van der Waals surface area (Å²) in [5.74, 6) is 0. The first kappa shape index (κ1) is 16.4. The fourth-order valence-corrected chi connectivity index (χ4v) is 3.38. The molecule has 2 aromatic carbocycles. The number of benzene rings is 2. The van der Waals surface area contributed by atoms with Gasteiger partial charge in [0.05, 0.1) is 37.1 Å². The molecule has 0 aromatic heterocycles. The zero-order valence-electron chi connectivity index (χ0n) is 14.0. The lowest BCUT2D eigenvalue weighted by Crippen LogP contribution is -3.14.